The van der Waals surface area contributed by atoms with Gasteiger partial charge in [-0.1, -0.05) is 6.07 Å². The summed E-state index contributed by atoms with van der Waals surface area (Å²) in [7, 11) is 0. The maximum absolute atomic E-state index is 13.6. The molecule has 2 rings (SSSR count). The van der Waals surface area contributed by atoms with Crippen molar-refractivity contribution in [1.82, 2.24) is 4.57 Å². The third-order valence-corrected chi connectivity index (χ3v) is 3.97. The van der Waals surface area contributed by atoms with Gasteiger partial charge >= 0.3 is 5.97 Å². The number of nitrogens with one attached hydrogen (secondary N) is 1. The van der Waals surface area contributed by atoms with E-state index in [4.69, 9.17) is 4.74 Å². The van der Waals surface area contributed by atoms with Crippen molar-refractivity contribution in [2.75, 3.05) is 5.32 Å². The molecule has 2 aromatic rings. The lowest BCUT2D eigenvalue weighted by Crippen LogP contribution is -2.30. The van der Waals surface area contributed by atoms with E-state index in [1.807, 2.05) is 18.4 Å². The Hall–Kier alpha value is -2.70. The van der Waals surface area contributed by atoms with Crippen molar-refractivity contribution in [3.05, 3.63) is 52.9 Å². The summed E-state index contributed by atoms with van der Waals surface area (Å²) in [6.45, 7) is 7.64. The summed E-state index contributed by atoms with van der Waals surface area (Å²) in [5, 5.41) is 2.11. The number of hydrogen-bond donors (Lipinski definition) is 1. The number of benzene rings is 1. The van der Waals surface area contributed by atoms with Gasteiger partial charge in [0, 0.05) is 17.9 Å². The Kier molecular flexibility index (Phi) is 5.56. The summed E-state index contributed by atoms with van der Waals surface area (Å²) in [6, 6.07) is 4.92. The summed E-state index contributed by atoms with van der Waals surface area (Å²) in [5.41, 5.74) is 1.42. The van der Waals surface area contributed by atoms with Crippen LogP contribution in [0.25, 0.3) is 0 Å². The van der Waals surface area contributed by atoms with E-state index in [2.05, 4.69) is 5.32 Å². The molecule has 0 aliphatic carbocycles. The van der Waals surface area contributed by atoms with E-state index in [0.29, 0.717) is 12.1 Å². The topological polar surface area (TPSA) is 60.3 Å². The number of carbonyl (C=O) groups is 2. The van der Waals surface area contributed by atoms with Gasteiger partial charge in [0.1, 0.15) is 17.3 Å². The molecule has 1 heterocycles. The number of ether oxygens (including phenoxy) is 1. The molecular weight excluding hydrogens is 330 g/mol. The minimum atomic E-state index is -1.21. The Bertz CT molecular complexity index is 795. The van der Waals surface area contributed by atoms with Crippen molar-refractivity contribution in [2.45, 2.75) is 40.3 Å². The third-order valence-electron chi connectivity index (χ3n) is 3.97. The molecule has 1 atom stereocenters. The summed E-state index contributed by atoms with van der Waals surface area (Å²) in [4.78, 5) is 24.4. The van der Waals surface area contributed by atoms with Gasteiger partial charge in [-0.05, 0) is 45.9 Å². The van der Waals surface area contributed by atoms with Crippen LogP contribution in [0.3, 0.4) is 0 Å². The van der Waals surface area contributed by atoms with E-state index in [-0.39, 0.29) is 0 Å². The van der Waals surface area contributed by atoms with Crippen LogP contribution in [-0.2, 0) is 16.1 Å². The third kappa shape index (κ3) is 3.87. The number of halogens is 2. The molecule has 0 fully saturated rings. The highest BCUT2D eigenvalue weighted by atomic mass is 19.1. The molecule has 0 spiro atoms. The molecule has 0 aliphatic rings. The van der Waals surface area contributed by atoms with E-state index in [1.54, 1.807) is 13.0 Å². The lowest BCUT2D eigenvalue weighted by molar-refractivity contribution is -0.123. The number of aryl methyl sites for hydroxylation is 1. The zero-order valence-corrected chi connectivity index (χ0v) is 14.5. The van der Waals surface area contributed by atoms with Crippen LogP contribution >= 0.6 is 0 Å². The minimum Gasteiger partial charge on any atom is -0.449 e. The van der Waals surface area contributed by atoms with Gasteiger partial charge in [-0.15, -0.1) is 0 Å². The van der Waals surface area contributed by atoms with Crippen molar-refractivity contribution >= 4 is 17.6 Å². The molecule has 1 aromatic carbocycles. The highest BCUT2D eigenvalue weighted by Gasteiger charge is 2.23. The van der Waals surface area contributed by atoms with Crippen LogP contribution in [0.2, 0.25) is 0 Å². The number of rotatable bonds is 5. The average Bonchev–Trinajstić information content (AvgIpc) is 2.84. The summed E-state index contributed by atoms with van der Waals surface area (Å²) in [6.07, 6.45) is -1.21. The first-order chi connectivity index (χ1) is 11.8. The number of nitrogens with zero attached hydrogens (tertiary/aromatic N) is 1. The molecule has 0 saturated heterocycles. The zero-order chi connectivity index (χ0) is 18.7. The fourth-order valence-corrected chi connectivity index (χ4v) is 2.61. The fraction of sp³-hybridized carbons (Fsp3) is 0.333. The quantitative estimate of drug-likeness (QED) is 0.839. The molecule has 0 saturated carbocycles. The Balaban J connectivity index is 2.10. The molecule has 7 heteroatoms. The van der Waals surface area contributed by atoms with Gasteiger partial charge in [-0.2, -0.15) is 0 Å². The number of carbonyl (C=O) groups excluding carboxylic acids is 2. The molecule has 1 aromatic heterocycles. The second kappa shape index (κ2) is 7.46. The molecule has 1 N–H and O–H groups in total. The molecule has 0 aliphatic heterocycles. The minimum absolute atomic E-state index is 0.357. The van der Waals surface area contributed by atoms with Gasteiger partial charge < -0.3 is 14.6 Å². The molecule has 0 bridgehead atoms. The Morgan fingerprint density at radius 3 is 2.36 bits per heavy atom. The number of anilines is 1. The Morgan fingerprint density at radius 1 is 1.24 bits per heavy atom. The first-order valence-corrected chi connectivity index (χ1v) is 7.88. The monoisotopic (exact) mass is 350 g/mol. The first-order valence-electron chi connectivity index (χ1n) is 7.88. The zero-order valence-electron chi connectivity index (χ0n) is 14.5. The van der Waals surface area contributed by atoms with Crippen molar-refractivity contribution in [3.8, 4) is 0 Å². The highest BCUT2D eigenvalue weighted by Crippen LogP contribution is 2.20. The van der Waals surface area contributed by atoms with E-state index >= 15 is 0 Å². The number of hydrogen-bond acceptors (Lipinski definition) is 3. The average molecular weight is 350 g/mol. The lowest BCUT2D eigenvalue weighted by atomic mass is 10.2. The number of para-hydroxylation sites is 1. The Morgan fingerprint density at radius 2 is 1.84 bits per heavy atom. The second-order valence-electron chi connectivity index (χ2n) is 5.66. The van der Waals surface area contributed by atoms with Crippen LogP contribution < -0.4 is 5.32 Å². The standard InChI is InChI=1S/C18H20F2N2O3/c1-5-22-10(2)9-13(11(22)3)18(24)25-12(4)17(23)21-16-14(19)7-6-8-15(16)20/h6-9,12H,5H2,1-4H3,(H,21,23)/t12-/m1/s1. The summed E-state index contributed by atoms with van der Waals surface area (Å²) >= 11 is 0. The molecule has 0 unspecified atom stereocenters. The molecule has 1 amide bonds. The lowest BCUT2D eigenvalue weighted by Gasteiger charge is -2.14. The fourth-order valence-electron chi connectivity index (χ4n) is 2.61. The molecular formula is C18H20F2N2O3. The summed E-state index contributed by atoms with van der Waals surface area (Å²) < 4.78 is 34.2. The van der Waals surface area contributed by atoms with Gasteiger partial charge in [0.2, 0.25) is 0 Å². The van der Waals surface area contributed by atoms with Crippen LogP contribution in [0.4, 0.5) is 14.5 Å². The Labute approximate surface area is 144 Å². The smallest absolute Gasteiger partial charge is 0.340 e. The van der Waals surface area contributed by atoms with Gasteiger partial charge in [0.25, 0.3) is 5.91 Å². The van der Waals surface area contributed by atoms with Crippen LogP contribution in [-0.4, -0.2) is 22.5 Å². The highest BCUT2D eigenvalue weighted by molar-refractivity contribution is 5.98. The predicted molar refractivity (Wildman–Crippen MR) is 89.4 cm³/mol. The van der Waals surface area contributed by atoms with Gasteiger partial charge in [-0.3, -0.25) is 4.79 Å². The normalized spacial score (nSPS) is 11.9. The summed E-state index contributed by atoms with van der Waals surface area (Å²) in [5.74, 6) is -3.29. The van der Waals surface area contributed by atoms with Crippen LogP contribution in [0.1, 0.15) is 35.6 Å². The van der Waals surface area contributed by atoms with Crippen LogP contribution in [0.5, 0.6) is 0 Å². The maximum Gasteiger partial charge on any atom is 0.340 e. The number of esters is 1. The SMILES string of the molecule is CCn1c(C)cc(C(=O)O[C@H](C)C(=O)Nc2c(F)cccc2F)c1C. The molecule has 25 heavy (non-hydrogen) atoms. The second-order valence-corrected chi connectivity index (χ2v) is 5.66. The van der Waals surface area contributed by atoms with Crippen molar-refractivity contribution in [1.29, 1.82) is 0 Å². The maximum atomic E-state index is 13.6. The van der Waals surface area contributed by atoms with E-state index in [1.165, 1.54) is 13.0 Å². The predicted octanol–water partition coefficient (Wildman–Crippen LogP) is 3.59. The van der Waals surface area contributed by atoms with Crippen molar-refractivity contribution in [3.63, 3.8) is 0 Å². The largest absolute Gasteiger partial charge is 0.449 e. The van der Waals surface area contributed by atoms with Gasteiger partial charge in [0.15, 0.2) is 6.10 Å². The van der Waals surface area contributed by atoms with Crippen molar-refractivity contribution in [2.24, 2.45) is 0 Å². The molecule has 0 radical (unpaired) electrons. The van der Waals surface area contributed by atoms with E-state index < -0.39 is 35.3 Å². The molecule has 5 nitrogen and oxygen atoms in total. The van der Waals surface area contributed by atoms with E-state index in [0.717, 1.165) is 23.5 Å². The first kappa shape index (κ1) is 18.6. The number of aromatic nitrogens is 1. The van der Waals surface area contributed by atoms with Crippen LogP contribution in [0.15, 0.2) is 24.3 Å². The molecule has 134 valence electrons. The van der Waals surface area contributed by atoms with Gasteiger partial charge in [-0.25, -0.2) is 13.6 Å². The van der Waals surface area contributed by atoms with E-state index in [9.17, 15) is 18.4 Å². The van der Waals surface area contributed by atoms with Gasteiger partial charge in [0.05, 0.1) is 5.56 Å². The number of amides is 1. The van der Waals surface area contributed by atoms with Crippen LogP contribution in [0, 0.1) is 25.5 Å². The van der Waals surface area contributed by atoms with Crippen molar-refractivity contribution < 1.29 is 23.1 Å².